The largest absolute Gasteiger partial charge is 0.480 e. The SMILES string of the molecule is O=C(Cc1cc2c(ccc3ccccc32)o1)NC1(C(=O)O)CCCC1. The second-order valence-corrected chi connectivity index (χ2v) is 6.73. The summed E-state index contributed by atoms with van der Waals surface area (Å²) >= 11 is 0. The highest BCUT2D eigenvalue weighted by molar-refractivity contribution is 6.06. The average molecular weight is 337 g/mol. The zero-order chi connectivity index (χ0) is 17.4. The van der Waals surface area contributed by atoms with Gasteiger partial charge in [0.05, 0.1) is 6.42 Å². The molecular formula is C20H19NO4. The highest BCUT2D eigenvalue weighted by Gasteiger charge is 2.42. The molecule has 2 aromatic carbocycles. The molecule has 0 aliphatic heterocycles. The van der Waals surface area contributed by atoms with Crippen molar-refractivity contribution < 1.29 is 19.1 Å². The zero-order valence-corrected chi connectivity index (χ0v) is 13.7. The maximum atomic E-state index is 12.4. The van der Waals surface area contributed by atoms with Gasteiger partial charge in [0.1, 0.15) is 16.9 Å². The number of hydrogen-bond donors (Lipinski definition) is 2. The summed E-state index contributed by atoms with van der Waals surface area (Å²) in [5, 5.41) is 15.4. The fraction of sp³-hybridized carbons (Fsp3) is 0.300. The molecule has 0 radical (unpaired) electrons. The first-order valence-electron chi connectivity index (χ1n) is 8.52. The number of rotatable bonds is 4. The lowest BCUT2D eigenvalue weighted by molar-refractivity contribution is -0.147. The second-order valence-electron chi connectivity index (χ2n) is 6.73. The number of benzene rings is 2. The van der Waals surface area contributed by atoms with Crippen molar-refractivity contribution in [2.24, 2.45) is 0 Å². The molecule has 1 fully saturated rings. The minimum absolute atomic E-state index is 0.0397. The summed E-state index contributed by atoms with van der Waals surface area (Å²) in [5.41, 5.74) is -0.384. The molecule has 1 saturated carbocycles. The standard InChI is InChI=1S/C20H19NO4/c22-18(21-20(19(23)24)9-3-4-10-20)12-14-11-16-15-6-2-1-5-13(15)7-8-17(16)25-14/h1-2,5-8,11H,3-4,9-10,12H2,(H,21,22)(H,23,24). The number of fused-ring (bicyclic) bond motifs is 3. The minimum Gasteiger partial charge on any atom is -0.480 e. The Bertz CT molecular complexity index is 966. The predicted molar refractivity (Wildman–Crippen MR) is 94.4 cm³/mol. The van der Waals surface area contributed by atoms with Crippen LogP contribution < -0.4 is 5.32 Å². The van der Waals surface area contributed by atoms with E-state index in [4.69, 9.17) is 4.42 Å². The smallest absolute Gasteiger partial charge is 0.329 e. The van der Waals surface area contributed by atoms with Crippen LogP contribution in [0.2, 0.25) is 0 Å². The van der Waals surface area contributed by atoms with Gasteiger partial charge >= 0.3 is 5.97 Å². The number of carbonyl (C=O) groups is 2. The van der Waals surface area contributed by atoms with Crippen molar-refractivity contribution in [1.29, 1.82) is 0 Å². The summed E-state index contributed by atoms with van der Waals surface area (Å²) in [4.78, 5) is 23.9. The third-order valence-electron chi connectivity index (χ3n) is 5.06. The first kappa shape index (κ1) is 15.7. The normalized spacial score (nSPS) is 16.3. The second kappa shape index (κ2) is 5.92. The van der Waals surface area contributed by atoms with E-state index in [1.165, 1.54) is 0 Å². The molecule has 5 nitrogen and oxygen atoms in total. The van der Waals surface area contributed by atoms with Crippen LogP contribution in [0.3, 0.4) is 0 Å². The number of nitrogens with one attached hydrogen (secondary N) is 1. The summed E-state index contributed by atoms with van der Waals surface area (Å²) in [6.07, 6.45) is 2.65. The summed E-state index contributed by atoms with van der Waals surface area (Å²) in [6.45, 7) is 0. The van der Waals surface area contributed by atoms with Crippen molar-refractivity contribution in [3.63, 3.8) is 0 Å². The van der Waals surface area contributed by atoms with E-state index in [-0.39, 0.29) is 12.3 Å². The summed E-state index contributed by atoms with van der Waals surface area (Å²) in [7, 11) is 0. The van der Waals surface area contributed by atoms with E-state index in [1.807, 2.05) is 42.5 Å². The van der Waals surface area contributed by atoms with Crippen molar-refractivity contribution in [3.05, 3.63) is 48.2 Å². The average Bonchev–Trinajstić information content (AvgIpc) is 3.22. The fourth-order valence-electron chi connectivity index (χ4n) is 3.77. The highest BCUT2D eigenvalue weighted by atomic mass is 16.4. The van der Waals surface area contributed by atoms with Crippen LogP contribution in [-0.4, -0.2) is 22.5 Å². The molecule has 1 heterocycles. The fourth-order valence-corrected chi connectivity index (χ4v) is 3.77. The Hall–Kier alpha value is -2.82. The third-order valence-corrected chi connectivity index (χ3v) is 5.06. The molecule has 1 aromatic heterocycles. The van der Waals surface area contributed by atoms with Gasteiger partial charge in [-0.25, -0.2) is 4.79 Å². The van der Waals surface area contributed by atoms with Gasteiger partial charge in [-0.1, -0.05) is 43.2 Å². The molecule has 1 aliphatic carbocycles. The number of carbonyl (C=O) groups excluding carboxylic acids is 1. The van der Waals surface area contributed by atoms with E-state index >= 15 is 0 Å². The molecule has 0 bridgehead atoms. The summed E-state index contributed by atoms with van der Waals surface area (Å²) in [5.74, 6) is -0.719. The molecule has 128 valence electrons. The van der Waals surface area contributed by atoms with E-state index in [1.54, 1.807) is 0 Å². The van der Waals surface area contributed by atoms with Gasteiger partial charge in [-0.2, -0.15) is 0 Å². The molecule has 0 atom stereocenters. The summed E-state index contributed by atoms with van der Waals surface area (Å²) in [6, 6.07) is 13.8. The van der Waals surface area contributed by atoms with Gasteiger partial charge in [0.2, 0.25) is 5.91 Å². The Labute approximate surface area is 144 Å². The van der Waals surface area contributed by atoms with Gasteiger partial charge in [0.15, 0.2) is 0 Å². The number of hydrogen-bond acceptors (Lipinski definition) is 3. The molecule has 5 heteroatoms. The highest BCUT2D eigenvalue weighted by Crippen LogP contribution is 2.31. The van der Waals surface area contributed by atoms with E-state index in [0.717, 1.165) is 34.6 Å². The van der Waals surface area contributed by atoms with E-state index < -0.39 is 11.5 Å². The van der Waals surface area contributed by atoms with E-state index in [9.17, 15) is 14.7 Å². The lowest BCUT2D eigenvalue weighted by Crippen LogP contribution is -2.52. The molecule has 0 unspecified atom stereocenters. The van der Waals surface area contributed by atoms with Gasteiger partial charge in [-0.3, -0.25) is 4.79 Å². The molecule has 0 saturated heterocycles. The molecule has 3 aromatic rings. The van der Waals surface area contributed by atoms with Crippen molar-refractivity contribution in [1.82, 2.24) is 5.32 Å². The Morgan fingerprint density at radius 2 is 1.84 bits per heavy atom. The molecule has 25 heavy (non-hydrogen) atoms. The Balaban J connectivity index is 1.59. The number of carboxylic acids is 1. The van der Waals surface area contributed by atoms with Gasteiger partial charge < -0.3 is 14.8 Å². The van der Waals surface area contributed by atoms with Gasteiger partial charge in [0, 0.05) is 5.39 Å². The van der Waals surface area contributed by atoms with Crippen LogP contribution in [0.5, 0.6) is 0 Å². The lowest BCUT2D eigenvalue weighted by atomic mass is 9.97. The summed E-state index contributed by atoms with van der Waals surface area (Å²) < 4.78 is 5.80. The van der Waals surface area contributed by atoms with Gasteiger partial charge in [-0.15, -0.1) is 0 Å². The minimum atomic E-state index is -1.12. The van der Waals surface area contributed by atoms with Crippen molar-refractivity contribution in [3.8, 4) is 0 Å². The molecule has 4 rings (SSSR count). The molecule has 1 aliphatic rings. The third kappa shape index (κ3) is 2.76. The van der Waals surface area contributed by atoms with E-state index in [0.29, 0.717) is 18.6 Å². The van der Waals surface area contributed by atoms with Gasteiger partial charge in [-0.05, 0) is 35.7 Å². The first-order valence-corrected chi connectivity index (χ1v) is 8.52. The zero-order valence-electron chi connectivity index (χ0n) is 13.7. The maximum Gasteiger partial charge on any atom is 0.329 e. The topological polar surface area (TPSA) is 79.5 Å². The maximum absolute atomic E-state index is 12.4. The quantitative estimate of drug-likeness (QED) is 0.762. The Morgan fingerprint density at radius 3 is 2.60 bits per heavy atom. The van der Waals surface area contributed by atoms with Crippen LogP contribution in [0.15, 0.2) is 46.9 Å². The number of carboxylic acid groups (broad SMARTS) is 1. The van der Waals surface area contributed by atoms with Crippen molar-refractivity contribution in [2.45, 2.75) is 37.6 Å². The van der Waals surface area contributed by atoms with E-state index in [2.05, 4.69) is 5.32 Å². The van der Waals surface area contributed by atoms with Crippen LogP contribution in [0.25, 0.3) is 21.7 Å². The number of furan rings is 1. The van der Waals surface area contributed by atoms with Crippen LogP contribution in [-0.2, 0) is 16.0 Å². The first-order chi connectivity index (χ1) is 12.1. The van der Waals surface area contributed by atoms with Crippen LogP contribution in [0.1, 0.15) is 31.4 Å². The molecule has 0 spiro atoms. The monoisotopic (exact) mass is 337 g/mol. The van der Waals surface area contributed by atoms with Crippen LogP contribution in [0.4, 0.5) is 0 Å². The van der Waals surface area contributed by atoms with Crippen LogP contribution >= 0.6 is 0 Å². The van der Waals surface area contributed by atoms with Crippen molar-refractivity contribution >= 4 is 33.6 Å². The molecular weight excluding hydrogens is 318 g/mol. The van der Waals surface area contributed by atoms with Crippen molar-refractivity contribution in [2.75, 3.05) is 0 Å². The molecule has 2 N–H and O–H groups in total. The van der Waals surface area contributed by atoms with Gasteiger partial charge in [0.25, 0.3) is 0 Å². The Morgan fingerprint density at radius 1 is 1.08 bits per heavy atom. The molecule has 1 amide bonds. The predicted octanol–water partition coefficient (Wildman–Crippen LogP) is 3.64. The number of aliphatic carboxylic acids is 1. The lowest BCUT2D eigenvalue weighted by Gasteiger charge is -2.25. The Kier molecular flexibility index (Phi) is 3.71. The van der Waals surface area contributed by atoms with Crippen LogP contribution in [0, 0.1) is 0 Å². The number of amides is 1.